The van der Waals surface area contributed by atoms with Gasteiger partial charge in [-0.05, 0) is 12.1 Å². The lowest BCUT2D eigenvalue weighted by atomic mass is 10.3. The van der Waals surface area contributed by atoms with Crippen molar-refractivity contribution >= 4 is 17.5 Å². The molecule has 0 aliphatic carbocycles. The first-order chi connectivity index (χ1) is 8.31. The second-order valence-corrected chi connectivity index (χ2v) is 3.11. The van der Waals surface area contributed by atoms with E-state index in [1.807, 2.05) is 0 Å². The van der Waals surface area contributed by atoms with Gasteiger partial charge in [0.2, 0.25) is 0 Å². The zero-order chi connectivity index (χ0) is 12.1. The van der Waals surface area contributed by atoms with E-state index in [4.69, 9.17) is 0 Å². The minimum Gasteiger partial charge on any atom is -0.464 e. The van der Waals surface area contributed by atoms with Crippen molar-refractivity contribution in [3.05, 3.63) is 42.6 Å². The van der Waals surface area contributed by atoms with Crippen LogP contribution in [0.4, 0.5) is 11.5 Å². The molecular formula is C11H10N4O2. The third kappa shape index (κ3) is 2.54. The number of aromatic nitrogens is 3. The molecule has 6 nitrogen and oxygen atoms in total. The van der Waals surface area contributed by atoms with Gasteiger partial charge in [0.1, 0.15) is 5.82 Å². The molecule has 0 spiro atoms. The van der Waals surface area contributed by atoms with Crippen LogP contribution in [0.1, 0.15) is 10.5 Å². The fourth-order valence-corrected chi connectivity index (χ4v) is 1.27. The Morgan fingerprint density at radius 3 is 2.88 bits per heavy atom. The molecule has 2 rings (SSSR count). The van der Waals surface area contributed by atoms with E-state index in [9.17, 15) is 4.79 Å². The maximum Gasteiger partial charge on any atom is 0.358 e. The SMILES string of the molecule is COC(=O)c1ncccc1Nc1cnccn1. The van der Waals surface area contributed by atoms with Crippen LogP contribution in [0.3, 0.4) is 0 Å². The maximum atomic E-state index is 11.5. The van der Waals surface area contributed by atoms with Crippen LogP contribution >= 0.6 is 0 Å². The van der Waals surface area contributed by atoms with Gasteiger partial charge < -0.3 is 10.1 Å². The molecule has 1 N–H and O–H groups in total. The Hall–Kier alpha value is -2.50. The highest BCUT2D eigenvalue weighted by molar-refractivity contribution is 5.94. The molecule has 0 aromatic carbocycles. The summed E-state index contributed by atoms with van der Waals surface area (Å²) < 4.78 is 4.64. The van der Waals surface area contributed by atoms with Crippen molar-refractivity contribution in [2.24, 2.45) is 0 Å². The van der Waals surface area contributed by atoms with Crippen molar-refractivity contribution in [3.63, 3.8) is 0 Å². The lowest BCUT2D eigenvalue weighted by molar-refractivity contribution is 0.0595. The number of hydrogen-bond acceptors (Lipinski definition) is 6. The summed E-state index contributed by atoms with van der Waals surface area (Å²) in [6, 6.07) is 3.43. The molecule has 86 valence electrons. The highest BCUT2D eigenvalue weighted by Crippen LogP contribution is 2.17. The lowest BCUT2D eigenvalue weighted by Crippen LogP contribution is -2.08. The molecule has 0 atom stereocenters. The molecule has 0 aliphatic rings. The van der Waals surface area contributed by atoms with E-state index in [0.717, 1.165) is 0 Å². The summed E-state index contributed by atoms with van der Waals surface area (Å²) in [6.07, 6.45) is 6.19. The van der Waals surface area contributed by atoms with Gasteiger partial charge >= 0.3 is 5.97 Å². The van der Waals surface area contributed by atoms with Crippen molar-refractivity contribution in [2.45, 2.75) is 0 Å². The van der Waals surface area contributed by atoms with E-state index in [0.29, 0.717) is 11.5 Å². The third-order valence-corrected chi connectivity index (χ3v) is 2.01. The van der Waals surface area contributed by atoms with Crippen LogP contribution < -0.4 is 5.32 Å². The molecule has 0 saturated heterocycles. The number of methoxy groups -OCH3 is 1. The van der Waals surface area contributed by atoms with Gasteiger partial charge in [0.05, 0.1) is 19.0 Å². The van der Waals surface area contributed by atoms with Crippen LogP contribution in [-0.4, -0.2) is 28.0 Å². The van der Waals surface area contributed by atoms with Gasteiger partial charge in [0.15, 0.2) is 5.69 Å². The summed E-state index contributed by atoms with van der Waals surface area (Å²) >= 11 is 0. The second kappa shape index (κ2) is 5.02. The summed E-state index contributed by atoms with van der Waals surface area (Å²) in [5.41, 5.74) is 0.737. The predicted molar refractivity (Wildman–Crippen MR) is 60.9 cm³/mol. The molecule has 0 fully saturated rings. The fourth-order valence-electron chi connectivity index (χ4n) is 1.27. The first-order valence-corrected chi connectivity index (χ1v) is 4.87. The number of rotatable bonds is 3. The zero-order valence-corrected chi connectivity index (χ0v) is 9.12. The third-order valence-electron chi connectivity index (χ3n) is 2.01. The van der Waals surface area contributed by atoms with E-state index in [1.165, 1.54) is 13.3 Å². The van der Waals surface area contributed by atoms with E-state index < -0.39 is 5.97 Å². The first kappa shape index (κ1) is 11.0. The van der Waals surface area contributed by atoms with Crippen LogP contribution in [0, 0.1) is 0 Å². The molecule has 0 saturated carbocycles. The molecule has 0 radical (unpaired) electrons. The number of nitrogens with one attached hydrogen (secondary N) is 1. The number of carbonyl (C=O) groups excluding carboxylic acids is 1. The minimum absolute atomic E-state index is 0.209. The standard InChI is InChI=1S/C11H10N4O2/c1-17-11(16)10-8(3-2-4-14-10)15-9-7-12-5-6-13-9/h2-7H,1H3,(H,13,15). The Labute approximate surface area is 97.7 Å². The number of nitrogens with zero attached hydrogens (tertiary/aromatic N) is 3. The number of carbonyl (C=O) groups is 1. The number of ether oxygens (including phenoxy) is 1. The lowest BCUT2D eigenvalue weighted by Gasteiger charge is -2.08. The quantitative estimate of drug-likeness (QED) is 0.803. The Morgan fingerprint density at radius 2 is 2.18 bits per heavy atom. The average Bonchev–Trinajstić information content (AvgIpc) is 2.40. The topological polar surface area (TPSA) is 77.0 Å². The molecular weight excluding hydrogens is 220 g/mol. The predicted octanol–water partition coefficient (Wildman–Crippen LogP) is 1.40. The molecule has 2 aromatic rings. The molecule has 0 unspecified atom stereocenters. The Balaban J connectivity index is 2.30. The molecule has 0 amide bonds. The molecule has 2 heterocycles. The summed E-state index contributed by atoms with van der Waals surface area (Å²) in [7, 11) is 1.31. The monoisotopic (exact) mass is 230 g/mol. The van der Waals surface area contributed by atoms with Crippen molar-refractivity contribution in [2.75, 3.05) is 12.4 Å². The first-order valence-electron chi connectivity index (χ1n) is 4.87. The number of esters is 1. The normalized spacial score (nSPS) is 9.71. The van der Waals surface area contributed by atoms with Crippen LogP contribution in [0.2, 0.25) is 0 Å². The van der Waals surface area contributed by atoms with Crippen LogP contribution in [-0.2, 0) is 4.74 Å². The van der Waals surface area contributed by atoms with Crippen molar-refractivity contribution in [1.29, 1.82) is 0 Å². The Bertz CT molecular complexity index is 516. The van der Waals surface area contributed by atoms with Gasteiger partial charge in [-0.1, -0.05) is 0 Å². The largest absolute Gasteiger partial charge is 0.464 e. The van der Waals surface area contributed by atoms with Crippen LogP contribution in [0.15, 0.2) is 36.9 Å². The molecule has 2 aromatic heterocycles. The Morgan fingerprint density at radius 1 is 1.29 bits per heavy atom. The molecule has 0 bridgehead atoms. The van der Waals surface area contributed by atoms with E-state index in [-0.39, 0.29) is 5.69 Å². The minimum atomic E-state index is -0.503. The highest BCUT2D eigenvalue weighted by Gasteiger charge is 2.13. The summed E-state index contributed by atoms with van der Waals surface area (Å²) in [5.74, 6) is 0.0302. The summed E-state index contributed by atoms with van der Waals surface area (Å²) in [4.78, 5) is 23.4. The molecule has 6 heteroatoms. The van der Waals surface area contributed by atoms with E-state index in [1.54, 1.807) is 30.7 Å². The van der Waals surface area contributed by atoms with Gasteiger partial charge in [-0.15, -0.1) is 0 Å². The second-order valence-electron chi connectivity index (χ2n) is 3.11. The smallest absolute Gasteiger partial charge is 0.358 e. The fraction of sp³-hybridized carbons (Fsp3) is 0.0909. The molecule has 0 aliphatic heterocycles. The average molecular weight is 230 g/mol. The van der Waals surface area contributed by atoms with Gasteiger partial charge in [0, 0.05) is 18.6 Å². The number of pyridine rings is 1. The van der Waals surface area contributed by atoms with Crippen molar-refractivity contribution in [3.8, 4) is 0 Å². The zero-order valence-electron chi connectivity index (χ0n) is 9.12. The van der Waals surface area contributed by atoms with E-state index in [2.05, 4.69) is 25.0 Å². The summed E-state index contributed by atoms with van der Waals surface area (Å²) in [6.45, 7) is 0. The molecule has 17 heavy (non-hydrogen) atoms. The number of hydrogen-bond donors (Lipinski definition) is 1. The Kier molecular flexibility index (Phi) is 3.25. The van der Waals surface area contributed by atoms with Crippen LogP contribution in [0.25, 0.3) is 0 Å². The van der Waals surface area contributed by atoms with Crippen molar-refractivity contribution < 1.29 is 9.53 Å². The highest BCUT2D eigenvalue weighted by atomic mass is 16.5. The number of anilines is 2. The van der Waals surface area contributed by atoms with Crippen LogP contribution in [0.5, 0.6) is 0 Å². The van der Waals surface area contributed by atoms with Gasteiger partial charge in [0.25, 0.3) is 0 Å². The van der Waals surface area contributed by atoms with Gasteiger partial charge in [-0.3, -0.25) is 4.98 Å². The van der Waals surface area contributed by atoms with Crippen molar-refractivity contribution in [1.82, 2.24) is 15.0 Å². The van der Waals surface area contributed by atoms with E-state index >= 15 is 0 Å². The maximum absolute atomic E-state index is 11.5. The van der Waals surface area contributed by atoms with Gasteiger partial charge in [-0.2, -0.15) is 0 Å². The van der Waals surface area contributed by atoms with Gasteiger partial charge in [-0.25, -0.2) is 14.8 Å². The summed E-state index contributed by atoms with van der Waals surface area (Å²) in [5, 5.41) is 2.95.